The van der Waals surface area contributed by atoms with E-state index in [0.717, 1.165) is 40.6 Å². The molecule has 3 aromatic rings. The van der Waals surface area contributed by atoms with Crippen LogP contribution in [0.1, 0.15) is 35.7 Å². The first kappa shape index (κ1) is 17.3. The fraction of sp³-hybridized carbons (Fsp3) is 0.273. The van der Waals surface area contributed by atoms with E-state index in [9.17, 15) is 10.0 Å². The molecule has 5 heteroatoms. The largest absolute Gasteiger partial charge is 0.289 e. The van der Waals surface area contributed by atoms with Crippen LogP contribution in [0, 0.1) is 24.7 Å². The van der Waals surface area contributed by atoms with E-state index in [-0.39, 0.29) is 0 Å². The zero-order valence-electron chi connectivity index (χ0n) is 15.1. The van der Waals surface area contributed by atoms with Gasteiger partial charge in [-0.1, -0.05) is 47.9 Å². The number of amides is 1. The molecule has 27 heavy (non-hydrogen) atoms. The number of hydrogen-bond donors (Lipinski definition) is 2. The van der Waals surface area contributed by atoms with E-state index in [1.54, 1.807) is 10.2 Å². The summed E-state index contributed by atoms with van der Waals surface area (Å²) in [5, 5.41) is 14.9. The van der Waals surface area contributed by atoms with E-state index in [1.807, 2.05) is 55.5 Å². The highest BCUT2D eigenvalue weighted by Gasteiger charge is 2.26. The van der Waals surface area contributed by atoms with Gasteiger partial charge in [-0.25, -0.2) is 10.2 Å². The van der Waals surface area contributed by atoms with Gasteiger partial charge in [0.2, 0.25) is 0 Å². The highest BCUT2D eigenvalue weighted by Crippen LogP contribution is 2.29. The van der Waals surface area contributed by atoms with Crippen molar-refractivity contribution in [3.63, 3.8) is 0 Å². The van der Waals surface area contributed by atoms with E-state index in [2.05, 4.69) is 16.9 Å². The predicted molar refractivity (Wildman–Crippen MR) is 103 cm³/mol. The Kier molecular flexibility index (Phi) is 4.66. The minimum atomic E-state index is -0.686. The van der Waals surface area contributed by atoms with Gasteiger partial charge in [0.25, 0.3) is 5.91 Å². The lowest BCUT2D eigenvalue weighted by atomic mass is 10.0. The molecule has 1 aliphatic carbocycles. The molecule has 1 aliphatic rings. The van der Waals surface area contributed by atoms with Gasteiger partial charge in [0.05, 0.1) is 5.52 Å². The lowest BCUT2D eigenvalue weighted by molar-refractivity contribution is -0.132. The smallest absolute Gasteiger partial charge is 0.268 e. The topological polar surface area (TPSA) is 67.2 Å². The van der Waals surface area contributed by atoms with E-state index in [0.29, 0.717) is 12.3 Å². The summed E-state index contributed by atoms with van der Waals surface area (Å²) in [6, 6.07) is 15.0. The zero-order chi connectivity index (χ0) is 18.8. The van der Waals surface area contributed by atoms with Crippen LogP contribution in [0.5, 0.6) is 0 Å². The summed E-state index contributed by atoms with van der Waals surface area (Å²) in [5.41, 5.74) is 5.42. The Bertz CT molecular complexity index is 1040. The predicted octanol–water partition coefficient (Wildman–Crippen LogP) is 3.40. The Morgan fingerprint density at radius 3 is 2.78 bits per heavy atom. The van der Waals surface area contributed by atoms with Gasteiger partial charge in [-0.05, 0) is 43.4 Å². The minimum absolute atomic E-state index is 0.415. The van der Waals surface area contributed by atoms with Crippen LogP contribution in [-0.2, 0) is 11.2 Å². The number of rotatable bonds is 4. The molecule has 1 amide bonds. The molecule has 5 nitrogen and oxygen atoms in total. The number of hydrogen-bond acceptors (Lipinski definition) is 3. The van der Waals surface area contributed by atoms with Crippen LogP contribution in [0.25, 0.3) is 10.9 Å². The van der Waals surface area contributed by atoms with Gasteiger partial charge >= 0.3 is 0 Å². The second-order valence-corrected chi connectivity index (χ2v) is 7.04. The number of benzene rings is 2. The van der Waals surface area contributed by atoms with Gasteiger partial charge in [-0.3, -0.25) is 10.0 Å². The second-order valence-electron chi connectivity index (χ2n) is 7.04. The quantitative estimate of drug-likeness (QED) is 0.426. The van der Waals surface area contributed by atoms with E-state index in [4.69, 9.17) is 0 Å². The molecular weight excluding hydrogens is 338 g/mol. The molecule has 1 saturated carbocycles. The Morgan fingerprint density at radius 1 is 1.30 bits per heavy atom. The fourth-order valence-corrected chi connectivity index (χ4v) is 3.17. The molecule has 1 unspecified atom stereocenters. The molecule has 0 spiro atoms. The Morgan fingerprint density at radius 2 is 2.07 bits per heavy atom. The van der Waals surface area contributed by atoms with Crippen LogP contribution in [0.4, 0.5) is 0 Å². The van der Waals surface area contributed by atoms with Crippen LogP contribution < -0.4 is 5.48 Å². The van der Waals surface area contributed by atoms with Crippen molar-refractivity contribution in [2.45, 2.75) is 32.2 Å². The maximum Gasteiger partial charge on any atom is 0.268 e. The number of hydroxylamine groups is 1. The number of nitrogens with zero attached hydrogens (tertiary/aromatic N) is 2. The third kappa shape index (κ3) is 3.71. The lowest BCUT2D eigenvalue weighted by Crippen LogP contribution is -2.33. The average molecular weight is 359 g/mol. The molecule has 2 aromatic carbocycles. The van der Waals surface area contributed by atoms with Crippen molar-refractivity contribution in [3.05, 3.63) is 65.4 Å². The Labute approximate surface area is 158 Å². The Hall–Kier alpha value is -3.10. The number of fused-ring (bicyclic) bond motifs is 1. The minimum Gasteiger partial charge on any atom is -0.289 e. The number of nitrogens with one attached hydrogen (secondary N) is 1. The third-order valence-corrected chi connectivity index (χ3v) is 4.80. The summed E-state index contributed by atoms with van der Waals surface area (Å²) in [5.74, 6) is 6.48. The molecule has 136 valence electrons. The molecular formula is C22H21N3O2. The molecule has 0 radical (unpaired) electrons. The fourth-order valence-electron chi connectivity index (χ4n) is 3.17. The number of aryl methyl sites for hydroxylation is 1. The maximum absolute atomic E-state index is 12.5. The van der Waals surface area contributed by atoms with Crippen molar-refractivity contribution < 1.29 is 10.0 Å². The molecule has 1 fully saturated rings. The van der Waals surface area contributed by atoms with Crippen molar-refractivity contribution >= 4 is 16.8 Å². The highest BCUT2D eigenvalue weighted by atomic mass is 16.5. The molecule has 0 bridgehead atoms. The van der Waals surface area contributed by atoms with Crippen molar-refractivity contribution in [1.29, 1.82) is 0 Å². The van der Waals surface area contributed by atoms with Crippen molar-refractivity contribution in [3.8, 4) is 11.8 Å². The van der Waals surface area contributed by atoms with E-state index < -0.39 is 11.9 Å². The highest BCUT2D eigenvalue weighted by molar-refractivity contribution is 5.87. The van der Waals surface area contributed by atoms with Gasteiger partial charge in [0.1, 0.15) is 11.7 Å². The molecule has 4 rings (SSSR count). The Balaban J connectivity index is 1.84. The van der Waals surface area contributed by atoms with Crippen LogP contribution in [0.2, 0.25) is 0 Å². The van der Waals surface area contributed by atoms with Gasteiger partial charge in [0.15, 0.2) is 0 Å². The average Bonchev–Trinajstić information content (AvgIpc) is 3.45. The molecule has 0 aliphatic heterocycles. The molecule has 1 aromatic heterocycles. The number of carbonyl (C=O) groups is 1. The normalized spacial score (nSPS) is 14.4. The van der Waals surface area contributed by atoms with Crippen LogP contribution in [0.15, 0.2) is 48.5 Å². The zero-order valence-corrected chi connectivity index (χ0v) is 15.1. The lowest BCUT2D eigenvalue weighted by Gasteiger charge is -2.17. The van der Waals surface area contributed by atoms with Gasteiger partial charge in [-0.15, -0.1) is 0 Å². The molecule has 0 saturated heterocycles. The van der Waals surface area contributed by atoms with E-state index >= 15 is 0 Å². The van der Waals surface area contributed by atoms with Gasteiger partial charge in [0, 0.05) is 17.7 Å². The second kappa shape index (κ2) is 7.26. The van der Waals surface area contributed by atoms with Crippen molar-refractivity contribution in [2.24, 2.45) is 5.92 Å². The first-order valence-corrected chi connectivity index (χ1v) is 9.14. The molecule has 1 atom stereocenters. The summed E-state index contributed by atoms with van der Waals surface area (Å²) in [4.78, 5) is 12.5. The monoisotopic (exact) mass is 359 g/mol. The standard InChI is InChI=1S/C22H21N3O2/c1-15-7-11-19-18(13-15)20(12-10-16-8-9-16)25(23-19)21(22(26)24-27)14-17-5-3-2-4-6-17/h2-7,11,13,16,21,27H,8-9,14H2,1H3,(H,24,26). The van der Waals surface area contributed by atoms with Crippen LogP contribution >= 0.6 is 0 Å². The summed E-state index contributed by atoms with van der Waals surface area (Å²) in [6.45, 7) is 2.02. The SMILES string of the molecule is Cc1ccc2nn(C(Cc3ccccc3)C(=O)NO)c(C#CC3CC3)c2c1. The molecule has 1 heterocycles. The molecule has 2 N–H and O–H groups in total. The van der Waals surface area contributed by atoms with Crippen molar-refractivity contribution in [2.75, 3.05) is 0 Å². The number of aromatic nitrogens is 2. The summed E-state index contributed by atoms with van der Waals surface area (Å²) < 4.78 is 1.66. The van der Waals surface area contributed by atoms with Gasteiger partial charge < -0.3 is 0 Å². The van der Waals surface area contributed by atoms with Crippen molar-refractivity contribution in [1.82, 2.24) is 15.3 Å². The van der Waals surface area contributed by atoms with Crippen LogP contribution in [-0.4, -0.2) is 20.9 Å². The number of carbonyl (C=O) groups excluding carboxylic acids is 1. The summed E-state index contributed by atoms with van der Waals surface area (Å²) in [7, 11) is 0. The third-order valence-electron chi connectivity index (χ3n) is 4.80. The first-order chi connectivity index (χ1) is 13.2. The van der Waals surface area contributed by atoms with Gasteiger partial charge in [-0.2, -0.15) is 5.10 Å². The summed E-state index contributed by atoms with van der Waals surface area (Å²) in [6.07, 6.45) is 2.67. The maximum atomic E-state index is 12.5. The van der Waals surface area contributed by atoms with Crippen LogP contribution in [0.3, 0.4) is 0 Å². The first-order valence-electron chi connectivity index (χ1n) is 9.14. The summed E-state index contributed by atoms with van der Waals surface area (Å²) >= 11 is 0. The van der Waals surface area contributed by atoms with E-state index in [1.165, 1.54) is 0 Å².